The first kappa shape index (κ1) is 18.4. The van der Waals surface area contributed by atoms with Gasteiger partial charge >= 0.3 is 0 Å². The lowest BCUT2D eigenvalue weighted by molar-refractivity contribution is 0.566. The van der Waals surface area contributed by atoms with Gasteiger partial charge in [-0.25, -0.2) is 0 Å². The van der Waals surface area contributed by atoms with Crippen molar-refractivity contribution in [3.05, 3.63) is 45.3 Å². The minimum atomic E-state index is -2.60. The standard InChI is InChI=1S/C20H23Br2OP/c1-3-4-5-6-7-14(2)24(23)19-12-15(21)8-10-17(19)18-11-9-16(22)13-20(18)24/h8-14H,3-7H2,1-2H3. The molecule has 0 aliphatic carbocycles. The van der Waals surface area contributed by atoms with Crippen LogP contribution in [-0.2, 0) is 4.57 Å². The van der Waals surface area contributed by atoms with E-state index in [2.05, 4.69) is 70.0 Å². The van der Waals surface area contributed by atoms with Gasteiger partial charge in [0.2, 0.25) is 0 Å². The van der Waals surface area contributed by atoms with E-state index >= 15 is 0 Å². The number of benzene rings is 2. The van der Waals surface area contributed by atoms with Crippen LogP contribution in [0, 0.1) is 0 Å². The van der Waals surface area contributed by atoms with Crippen molar-refractivity contribution in [1.29, 1.82) is 0 Å². The van der Waals surface area contributed by atoms with Gasteiger partial charge in [-0.2, -0.15) is 0 Å². The maximum atomic E-state index is 14.3. The summed E-state index contributed by atoms with van der Waals surface area (Å²) < 4.78 is 16.3. The Labute approximate surface area is 161 Å². The summed E-state index contributed by atoms with van der Waals surface area (Å²) in [5.74, 6) is 0. The van der Waals surface area contributed by atoms with Crippen molar-refractivity contribution < 1.29 is 4.57 Å². The lowest BCUT2D eigenvalue weighted by Crippen LogP contribution is -2.20. The fourth-order valence-corrected chi connectivity index (χ4v) is 8.27. The highest BCUT2D eigenvalue weighted by Crippen LogP contribution is 2.58. The molecule has 0 amide bonds. The van der Waals surface area contributed by atoms with E-state index in [1.807, 2.05) is 12.1 Å². The molecule has 0 fully saturated rings. The molecule has 4 heteroatoms. The summed E-state index contributed by atoms with van der Waals surface area (Å²) in [5.41, 5.74) is 2.46. The van der Waals surface area contributed by atoms with Crippen molar-refractivity contribution in [2.24, 2.45) is 0 Å². The van der Waals surface area contributed by atoms with Gasteiger partial charge in [0.05, 0.1) is 0 Å². The molecule has 1 nitrogen and oxygen atoms in total. The van der Waals surface area contributed by atoms with E-state index in [4.69, 9.17) is 0 Å². The van der Waals surface area contributed by atoms with E-state index < -0.39 is 7.14 Å². The van der Waals surface area contributed by atoms with Crippen LogP contribution in [0.4, 0.5) is 0 Å². The van der Waals surface area contributed by atoms with Crippen LogP contribution in [0.3, 0.4) is 0 Å². The summed E-state index contributed by atoms with van der Waals surface area (Å²) in [6.07, 6.45) is 5.91. The van der Waals surface area contributed by atoms with Crippen LogP contribution < -0.4 is 10.6 Å². The molecule has 128 valence electrons. The smallest absolute Gasteiger partial charge is 0.147 e. The quantitative estimate of drug-likeness (QED) is 0.333. The number of hydrogen-bond acceptors (Lipinski definition) is 1. The van der Waals surface area contributed by atoms with Crippen LogP contribution in [0.15, 0.2) is 45.3 Å². The van der Waals surface area contributed by atoms with Gasteiger partial charge in [0, 0.05) is 25.2 Å². The molecule has 2 aromatic rings. The SMILES string of the molecule is CCCCCCC(C)P1(=O)c2cc(Br)ccc2-c2ccc(Br)cc21. The minimum absolute atomic E-state index is 0.179. The molecule has 1 aliphatic heterocycles. The Morgan fingerprint density at radius 2 is 1.46 bits per heavy atom. The summed E-state index contributed by atoms with van der Waals surface area (Å²) in [4.78, 5) is 0. The highest BCUT2D eigenvalue weighted by Gasteiger charge is 2.42. The molecule has 24 heavy (non-hydrogen) atoms. The fourth-order valence-electron chi connectivity index (χ4n) is 3.67. The Morgan fingerprint density at radius 1 is 0.917 bits per heavy atom. The highest BCUT2D eigenvalue weighted by molar-refractivity contribution is 9.10. The summed E-state index contributed by atoms with van der Waals surface area (Å²) in [6, 6.07) is 12.5. The second kappa shape index (κ2) is 7.48. The molecule has 1 unspecified atom stereocenters. The van der Waals surface area contributed by atoms with Crippen molar-refractivity contribution in [1.82, 2.24) is 0 Å². The number of hydrogen-bond donors (Lipinski definition) is 0. The summed E-state index contributed by atoms with van der Waals surface area (Å²) >= 11 is 7.14. The van der Waals surface area contributed by atoms with Gasteiger partial charge in [-0.1, -0.05) is 83.5 Å². The van der Waals surface area contributed by atoms with Gasteiger partial charge < -0.3 is 4.57 Å². The Balaban J connectivity index is 2.04. The predicted octanol–water partition coefficient (Wildman–Crippen LogP) is 6.86. The van der Waals surface area contributed by atoms with Crippen molar-refractivity contribution in [2.45, 2.75) is 51.6 Å². The molecule has 0 N–H and O–H groups in total. The Morgan fingerprint density at radius 3 is 1.96 bits per heavy atom. The summed E-state index contributed by atoms with van der Waals surface area (Å²) in [6.45, 7) is 4.40. The Bertz CT molecular complexity index is 745. The van der Waals surface area contributed by atoms with E-state index in [0.29, 0.717) is 0 Å². The Kier molecular flexibility index (Phi) is 5.74. The molecule has 2 aromatic carbocycles. The van der Waals surface area contributed by atoms with Gasteiger partial charge in [-0.05, 0) is 41.8 Å². The molecule has 0 radical (unpaired) electrons. The van der Waals surface area contributed by atoms with Crippen molar-refractivity contribution >= 4 is 49.6 Å². The summed E-state index contributed by atoms with van der Waals surface area (Å²) in [5, 5.41) is 2.07. The predicted molar refractivity (Wildman–Crippen MR) is 112 cm³/mol. The molecule has 0 saturated heterocycles. The molecular weight excluding hydrogens is 447 g/mol. The molecule has 0 saturated carbocycles. The van der Waals surface area contributed by atoms with E-state index in [1.165, 1.54) is 19.3 Å². The van der Waals surface area contributed by atoms with Crippen LogP contribution in [0.25, 0.3) is 11.1 Å². The second-order valence-corrected chi connectivity index (χ2v) is 11.7. The third kappa shape index (κ3) is 3.20. The lowest BCUT2D eigenvalue weighted by Gasteiger charge is -2.23. The third-order valence-electron chi connectivity index (χ3n) is 5.02. The Hall–Kier alpha value is -0.370. The molecule has 0 spiro atoms. The first-order chi connectivity index (χ1) is 11.5. The van der Waals surface area contributed by atoms with Gasteiger partial charge in [-0.3, -0.25) is 0 Å². The van der Waals surface area contributed by atoms with Crippen LogP contribution in [0.1, 0.15) is 46.0 Å². The van der Waals surface area contributed by atoms with Crippen molar-refractivity contribution in [3.63, 3.8) is 0 Å². The second-order valence-electron chi connectivity index (χ2n) is 6.68. The molecular formula is C20H23Br2OP. The first-order valence-corrected chi connectivity index (χ1v) is 12.0. The normalized spacial score (nSPS) is 15.8. The van der Waals surface area contributed by atoms with Crippen LogP contribution in [0.2, 0.25) is 0 Å². The van der Waals surface area contributed by atoms with Crippen molar-refractivity contribution in [2.75, 3.05) is 0 Å². The lowest BCUT2D eigenvalue weighted by atomic mass is 10.1. The van der Waals surface area contributed by atoms with Gasteiger partial charge in [0.15, 0.2) is 0 Å². The van der Waals surface area contributed by atoms with Crippen LogP contribution in [0.5, 0.6) is 0 Å². The third-order valence-corrected chi connectivity index (χ3v) is 9.68. The van der Waals surface area contributed by atoms with E-state index in [-0.39, 0.29) is 5.66 Å². The van der Waals surface area contributed by atoms with Gasteiger partial charge in [0.1, 0.15) is 7.14 Å². The van der Waals surface area contributed by atoms with Gasteiger partial charge in [-0.15, -0.1) is 0 Å². The zero-order valence-electron chi connectivity index (χ0n) is 14.2. The molecule has 1 atom stereocenters. The average molecular weight is 470 g/mol. The van der Waals surface area contributed by atoms with E-state index in [1.54, 1.807) is 0 Å². The number of fused-ring (bicyclic) bond motifs is 3. The molecule has 1 heterocycles. The minimum Gasteiger partial charge on any atom is -0.313 e. The zero-order chi connectivity index (χ0) is 17.3. The maximum Gasteiger partial charge on any atom is 0.147 e. The topological polar surface area (TPSA) is 17.1 Å². The van der Waals surface area contributed by atoms with Crippen LogP contribution >= 0.6 is 39.0 Å². The largest absolute Gasteiger partial charge is 0.313 e. The zero-order valence-corrected chi connectivity index (χ0v) is 18.3. The number of halogens is 2. The number of unbranched alkanes of at least 4 members (excludes halogenated alkanes) is 3. The monoisotopic (exact) mass is 468 g/mol. The average Bonchev–Trinajstić information content (AvgIpc) is 2.81. The molecule has 0 bridgehead atoms. The summed E-state index contributed by atoms with van der Waals surface area (Å²) in [7, 11) is -2.60. The van der Waals surface area contributed by atoms with Crippen LogP contribution in [-0.4, -0.2) is 5.66 Å². The molecule has 0 aromatic heterocycles. The molecule has 3 rings (SSSR count). The molecule has 1 aliphatic rings. The highest BCUT2D eigenvalue weighted by atomic mass is 79.9. The van der Waals surface area contributed by atoms with E-state index in [9.17, 15) is 4.57 Å². The first-order valence-electron chi connectivity index (χ1n) is 8.68. The number of rotatable bonds is 6. The fraction of sp³-hybridized carbons (Fsp3) is 0.400. The van der Waals surface area contributed by atoms with Gasteiger partial charge in [0.25, 0.3) is 0 Å². The van der Waals surface area contributed by atoms with E-state index in [0.717, 1.165) is 43.5 Å². The van der Waals surface area contributed by atoms with Crippen molar-refractivity contribution in [3.8, 4) is 11.1 Å². The maximum absolute atomic E-state index is 14.3.